The number of nitrogens with one attached hydrogen (secondary N) is 1. The summed E-state index contributed by atoms with van der Waals surface area (Å²) in [5.41, 5.74) is 1.73. The van der Waals surface area contributed by atoms with E-state index in [2.05, 4.69) is 10.3 Å². The quantitative estimate of drug-likeness (QED) is 0.909. The van der Waals surface area contributed by atoms with Crippen LogP contribution in [-0.2, 0) is 17.8 Å². The molecule has 25 heavy (non-hydrogen) atoms. The Balaban J connectivity index is 1.76. The number of halogens is 1. The lowest BCUT2D eigenvalue weighted by atomic mass is 10.0. The van der Waals surface area contributed by atoms with E-state index in [-0.39, 0.29) is 24.2 Å². The molecule has 0 radical (unpaired) electrons. The Morgan fingerprint density at radius 3 is 2.76 bits per heavy atom. The van der Waals surface area contributed by atoms with Crippen LogP contribution in [0.2, 0.25) is 0 Å². The van der Waals surface area contributed by atoms with Crippen LogP contribution in [0.3, 0.4) is 0 Å². The van der Waals surface area contributed by atoms with Crippen molar-refractivity contribution in [2.45, 2.75) is 38.3 Å². The topological polar surface area (TPSA) is 45.2 Å². The van der Waals surface area contributed by atoms with E-state index in [4.69, 9.17) is 0 Å². The second kappa shape index (κ2) is 8.72. The van der Waals surface area contributed by atoms with E-state index in [1.807, 2.05) is 23.1 Å². The summed E-state index contributed by atoms with van der Waals surface area (Å²) < 4.78 is 13.1. The van der Waals surface area contributed by atoms with Crippen molar-refractivity contribution in [2.24, 2.45) is 0 Å². The molecule has 1 amide bonds. The molecule has 1 saturated heterocycles. The molecule has 4 nitrogen and oxygen atoms in total. The summed E-state index contributed by atoms with van der Waals surface area (Å²) in [5, 5.41) is 3.40. The molecular weight excluding hydrogens is 317 g/mol. The fraction of sp³-hybridized carbons (Fsp3) is 0.400. The van der Waals surface area contributed by atoms with Gasteiger partial charge in [-0.05, 0) is 62.2 Å². The highest BCUT2D eigenvalue weighted by Crippen LogP contribution is 2.18. The maximum atomic E-state index is 13.1. The fourth-order valence-electron chi connectivity index (χ4n) is 3.28. The molecule has 1 fully saturated rings. The normalized spacial score (nSPS) is 17.7. The molecular formula is C20H24FN3O. The highest BCUT2D eigenvalue weighted by molar-refractivity contribution is 5.79. The van der Waals surface area contributed by atoms with E-state index in [0.29, 0.717) is 6.54 Å². The molecule has 2 aromatic rings. The first kappa shape index (κ1) is 17.5. The Hall–Kier alpha value is -2.27. The second-order valence-corrected chi connectivity index (χ2v) is 6.48. The van der Waals surface area contributed by atoms with Crippen molar-refractivity contribution >= 4 is 5.91 Å². The molecule has 1 aromatic heterocycles. The number of nitrogens with zero attached hydrogens (tertiary/aromatic N) is 2. The molecule has 2 heterocycles. The van der Waals surface area contributed by atoms with Crippen LogP contribution in [0.4, 0.5) is 4.39 Å². The maximum absolute atomic E-state index is 13.1. The van der Waals surface area contributed by atoms with Gasteiger partial charge >= 0.3 is 0 Å². The average Bonchev–Trinajstić information content (AvgIpc) is 2.92. The average molecular weight is 341 g/mol. The third-order valence-corrected chi connectivity index (χ3v) is 4.63. The molecule has 0 aliphatic carbocycles. The van der Waals surface area contributed by atoms with E-state index in [1.54, 1.807) is 18.3 Å². The van der Waals surface area contributed by atoms with Crippen molar-refractivity contribution in [3.63, 3.8) is 0 Å². The summed E-state index contributed by atoms with van der Waals surface area (Å²) in [6.45, 7) is 2.44. The van der Waals surface area contributed by atoms with Crippen molar-refractivity contribution in [2.75, 3.05) is 13.1 Å². The highest BCUT2D eigenvalue weighted by Gasteiger charge is 2.25. The van der Waals surface area contributed by atoms with Gasteiger partial charge in [0.2, 0.25) is 5.91 Å². The first-order valence-electron chi connectivity index (χ1n) is 8.87. The van der Waals surface area contributed by atoms with E-state index < -0.39 is 0 Å². The molecule has 132 valence electrons. The molecule has 1 N–H and O–H groups in total. The van der Waals surface area contributed by atoms with Crippen LogP contribution in [-0.4, -0.2) is 34.9 Å². The van der Waals surface area contributed by atoms with Gasteiger partial charge in [0.25, 0.3) is 0 Å². The zero-order chi connectivity index (χ0) is 17.5. The van der Waals surface area contributed by atoms with E-state index >= 15 is 0 Å². The van der Waals surface area contributed by atoms with Crippen LogP contribution in [0.25, 0.3) is 0 Å². The number of carbonyl (C=O) groups excluding carboxylic acids is 1. The van der Waals surface area contributed by atoms with Gasteiger partial charge in [0.05, 0.1) is 18.7 Å². The number of benzene rings is 1. The van der Waals surface area contributed by atoms with Crippen LogP contribution in [0, 0.1) is 5.82 Å². The summed E-state index contributed by atoms with van der Waals surface area (Å²) >= 11 is 0. The van der Waals surface area contributed by atoms with Crippen LogP contribution in [0.15, 0.2) is 48.7 Å². The second-order valence-electron chi connectivity index (χ2n) is 6.48. The van der Waals surface area contributed by atoms with Crippen molar-refractivity contribution < 1.29 is 9.18 Å². The van der Waals surface area contributed by atoms with Crippen molar-refractivity contribution in [1.29, 1.82) is 0 Å². The number of hydrogen-bond donors (Lipinski definition) is 1. The van der Waals surface area contributed by atoms with Gasteiger partial charge in [0.1, 0.15) is 5.82 Å². The van der Waals surface area contributed by atoms with Gasteiger partial charge in [0, 0.05) is 12.2 Å². The molecule has 0 spiro atoms. The Morgan fingerprint density at radius 2 is 2.00 bits per heavy atom. The van der Waals surface area contributed by atoms with Crippen molar-refractivity contribution in [1.82, 2.24) is 15.2 Å². The summed E-state index contributed by atoms with van der Waals surface area (Å²) in [7, 11) is 0. The largest absolute Gasteiger partial charge is 0.333 e. The summed E-state index contributed by atoms with van der Waals surface area (Å²) in [6.07, 6.45) is 5.05. The van der Waals surface area contributed by atoms with Gasteiger partial charge in [-0.3, -0.25) is 9.78 Å². The minimum absolute atomic E-state index is 0.0733. The summed E-state index contributed by atoms with van der Waals surface area (Å²) in [5.74, 6) is -0.208. The van der Waals surface area contributed by atoms with Crippen molar-refractivity contribution in [3.8, 4) is 0 Å². The van der Waals surface area contributed by atoms with Crippen molar-refractivity contribution in [3.05, 3.63) is 65.7 Å². The third-order valence-electron chi connectivity index (χ3n) is 4.63. The zero-order valence-corrected chi connectivity index (χ0v) is 14.3. The Kier molecular flexibility index (Phi) is 6.12. The molecule has 1 aliphatic heterocycles. The highest BCUT2D eigenvalue weighted by atomic mass is 19.1. The monoisotopic (exact) mass is 341 g/mol. The van der Waals surface area contributed by atoms with Crippen LogP contribution >= 0.6 is 0 Å². The maximum Gasteiger partial charge on any atom is 0.227 e. The molecule has 1 atom stereocenters. The van der Waals surface area contributed by atoms with Gasteiger partial charge in [-0.25, -0.2) is 4.39 Å². The molecule has 5 heteroatoms. The smallest absolute Gasteiger partial charge is 0.227 e. The predicted molar refractivity (Wildman–Crippen MR) is 95.4 cm³/mol. The number of rotatable bonds is 5. The molecule has 1 aromatic carbocycles. The summed E-state index contributed by atoms with van der Waals surface area (Å²) in [6, 6.07) is 12.2. The SMILES string of the molecule is O=C(Cc1ccc(F)cc1)N(Cc1ccccn1)C1CCCNCC1. The van der Waals surface area contributed by atoms with Crippen LogP contribution in [0.5, 0.6) is 0 Å². The lowest BCUT2D eigenvalue weighted by Gasteiger charge is -2.31. The Labute approximate surface area is 148 Å². The molecule has 0 saturated carbocycles. The standard InChI is InChI=1S/C20H24FN3O/c21-17-8-6-16(7-9-17)14-20(25)24(15-18-4-1-2-12-23-18)19-5-3-11-22-13-10-19/h1-2,4,6-9,12,19,22H,3,5,10-11,13-15H2. The Morgan fingerprint density at radius 1 is 1.16 bits per heavy atom. The number of carbonyl (C=O) groups is 1. The minimum Gasteiger partial charge on any atom is -0.333 e. The summed E-state index contributed by atoms with van der Waals surface area (Å²) in [4.78, 5) is 19.3. The van der Waals surface area contributed by atoms with E-state index in [1.165, 1.54) is 12.1 Å². The third kappa shape index (κ3) is 5.10. The number of hydrogen-bond acceptors (Lipinski definition) is 3. The lowest BCUT2D eigenvalue weighted by Crippen LogP contribution is -2.41. The predicted octanol–water partition coefficient (Wildman–Crippen LogP) is 2.93. The van der Waals surface area contributed by atoms with Gasteiger partial charge in [-0.2, -0.15) is 0 Å². The molecule has 0 bridgehead atoms. The zero-order valence-electron chi connectivity index (χ0n) is 14.3. The van der Waals surface area contributed by atoms with E-state index in [9.17, 15) is 9.18 Å². The lowest BCUT2D eigenvalue weighted by molar-refractivity contribution is -0.133. The van der Waals surface area contributed by atoms with Gasteiger partial charge in [-0.15, -0.1) is 0 Å². The minimum atomic E-state index is -0.281. The first-order valence-corrected chi connectivity index (χ1v) is 8.87. The van der Waals surface area contributed by atoms with Gasteiger partial charge in [0.15, 0.2) is 0 Å². The number of pyridine rings is 1. The molecule has 1 aliphatic rings. The first-order chi connectivity index (χ1) is 12.2. The van der Waals surface area contributed by atoms with Crippen LogP contribution in [0.1, 0.15) is 30.5 Å². The number of amides is 1. The Bertz CT molecular complexity index is 667. The van der Waals surface area contributed by atoms with E-state index in [0.717, 1.165) is 43.6 Å². The fourth-order valence-corrected chi connectivity index (χ4v) is 3.28. The van der Waals surface area contributed by atoms with Crippen LogP contribution < -0.4 is 5.32 Å². The number of aromatic nitrogens is 1. The van der Waals surface area contributed by atoms with Gasteiger partial charge in [-0.1, -0.05) is 18.2 Å². The molecule has 1 unspecified atom stereocenters. The van der Waals surface area contributed by atoms with Gasteiger partial charge < -0.3 is 10.2 Å². The molecule has 3 rings (SSSR count).